The number of halogens is 1. The van der Waals surface area contributed by atoms with Crippen LogP contribution in [0.15, 0.2) is 53.1 Å². The third-order valence-electron chi connectivity index (χ3n) is 3.83. The lowest BCUT2D eigenvalue weighted by Gasteiger charge is -2.14. The van der Waals surface area contributed by atoms with E-state index in [1.807, 2.05) is 0 Å². The normalized spacial score (nSPS) is 10.9. The Morgan fingerprint density at radius 2 is 1.60 bits per heavy atom. The molecule has 11 heteroatoms. The summed E-state index contributed by atoms with van der Waals surface area (Å²) in [5.74, 6) is 2.01. The molecule has 0 saturated heterocycles. The largest absolute Gasteiger partial charge is 0.497 e. The van der Waals surface area contributed by atoms with Gasteiger partial charge in [-0.2, -0.15) is 4.98 Å². The zero-order chi connectivity index (χ0) is 21.7. The first kappa shape index (κ1) is 21.7. The first-order chi connectivity index (χ1) is 14.3. The minimum atomic E-state index is -3.43. The highest BCUT2D eigenvalue weighted by Gasteiger charge is 2.11. The number of benzene rings is 2. The SMILES string of the molecule is COc1cc(Nc2ncc(Br)c(Nc3ccccc3NS(C)(=O)=O)n2)cc(OC)c1. The summed E-state index contributed by atoms with van der Waals surface area (Å²) in [5, 5.41) is 6.23. The monoisotopic (exact) mass is 493 g/mol. The van der Waals surface area contributed by atoms with E-state index >= 15 is 0 Å². The highest BCUT2D eigenvalue weighted by molar-refractivity contribution is 9.10. The van der Waals surface area contributed by atoms with Crippen molar-refractivity contribution in [1.82, 2.24) is 9.97 Å². The van der Waals surface area contributed by atoms with Crippen molar-refractivity contribution in [2.45, 2.75) is 0 Å². The smallest absolute Gasteiger partial charge is 0.229 e. The van der Waals surface area contributed by atoms with Crippen molar-refractivity contribution in [3.63, 3.8) is 0 Å². The predicted octanol–water partition coefficient (Wildman–Crippen LogP) is 4.12. The van der Waals surface area contributed by atoms with Crippen molar-refractivity contribution in [1.29, 1.82) is 0 Å². The summed E-state index contributed by atoms with van der Waals surface area (Å²) in [6.45, 7) is 0. The lowest BCUT2D eigenvalue weighted by atomic mass is 10.2. The average molecular weight is 494 g/mol. The molecule has 30 heavy (non-hydrogen) atoms. The zero-order valence-corrected chi connectivity index (χ0v) is 18.8. The van der Waals surface area contributed by atoms with Gasteiger partial charge < -0.3 is 20.1 Å². The molecule has 0 fully saturated rings. The van der Waals surface area contributed by atoms with Gasteiger partial charge in [0.2, 0.25) is 16.0 Å². The van der Waals surface area contributed by atoms with E-state index in [2.05, 4.69) is 41.3 Å². The molecule has 3 aromatic rings. The molecule has 0 spiro atoms. The highest BCUT2D eigenvalue weighted by Crippen LogP contribution is 2.31. The topological polar surface area (TPSA) is 114 Å². The van der Waals surface area contributed by atoms with Crippen LogP contribution >= 0.6 is 15.9 Å². The molecule has 0 saturated carbocycles. The van der Waals surface area contributed by atoms with E-state index in [4.69, 9.17) is 9.47 Å². The number of hydrogen-bond donors (Lipinski definition) is 3. The fraction of sp³-hybridized carbons (Fsp3) is 0.158. The minimum Gasteiger partial charge on any atom is -0.497 e. The third-order valence-corrected chi connectivity index (χ3v) is 5.00. The Bertz CT molecular complexity index is 1140. The number of anilines is 5. The fourth-order valence-corrected chi connectivity index (χ4v) is 3.40. The lowest BCUT2D eigenvalue weighted by molar-refractivity contribution is 0.395. The first-order valence-corrected chi connectivity index (χ1v) is 11.3. The summed E-state index contributed by atoms with van der Waals surface area (Å²) in [4.78, 5) is 8.74. The standard InChI is InChI=1S/C19H20BrN5O4S/c1-28-13-8-12(9-14(10-13)29-2)22-19-21-11-15(20)18(24-19)23-16-6-4-5-7-17(16)25-30(3,26)27/h4-11,25H,1-3H3,(H2,21,22,23,24). The van der Waals surface area contributed by atoms with Crippen molar-refractivity contribution < 1.29 is 17.9 Å². The van der Waals surface area contributed by atoms with E-state index in [0.29, 0.717) is 44.8 Å². The van der Waals surface area contributed by atoms with Gasteiger partial charge in [0.15, 0.2) is 0 Å². The van der Waals surface area contributed by atoms with Crippen LogP contribution < -0.4 is 24.8 Å². The first-order valence-electron chi connectivity index (χ1n) is 8.64. The van der Waals surface area contributed by atoms with Gasteiger partial charge in [0.25, 0.3) is 0 Å². The Kier molecular flexibility index (Phi) is 6.63. The van der Waals surface area contributed by atoms with Crippen LogP contribution in [-0.4, -0.2) is 38.9 Å². The minimum absolute atomic E-state index is 0.324. The van der Waals surface area contributed by atoms with Gasteiger partial charge in [0.1, 0.15) is 17.3 Å². The second-order valence-electron chi connectivity index (χ2n) is 6.16. The number of ether oxygens (including phenoxy) is 2. The molecular weight excluding hydrogens is 474 g/mol. The van der Waals surface area contributed by atoms with E-state index in [9.17, 15) is 8.42 Å². The maximum Gasteiger partial charge on any atom is 0.229 e. The third kappa shape index (κ3) is 5.74. The van der Waals surface area contributed by atoms with Crippen LogP contribution in [0.25, 0.3) is 0 Å². The number of nitrogens with one attached hydrogen (secondary N) is 3. The number of hydrogen-bond acceptors (Lipinski definition) is 8. The van der Waals surface area contributed by atoms with Crippen LogP contribution in [0.5, 0.6) is 11.5 Å². The molecule has 0 amide bonds. The predicted molar refractivity (Wildman–Crippen MR) is 121 cm³/mol. The van der Waals surface area contributed by atoms with Crippen LogP contribution in [0.1, 0.15) is 0 Å². The summed E-state index contributed by atoms with van der Waals surface area (Å²) < 4.78 is 36.9. The van der Waals surface area contributed by atoms with Crippen LogP contribution in [0, 0.1) is 0 Å². The maximum atomic E-state index is 11.6. The maximum absolute atomic E-state index is 11.6. The van der Waals surface area contributed by atoms with Crippen LogP contribution in [0.4, 0.5) is 28.8 Å². The molecule has 9 nitrogen and oxygen atoms in total. The summed E-state index contributed by atoms with van der Waals surface area (Å²) in [5.41, 5.74) is 1.62. The van der Waals surface area contributed by atoms with Crippen molar-refractivity contribution in [3.8, 4) is 11.5 Å². The van der Waals surface area contributed by atoms with Gasteiger partial charge in [-0.05, 0) is 28.1 Å². The summed E-state index contributed by atoms with van der Waals surface area (Å²) >= 11 is 3.41. The highest BCUT2D eigenvalue weighted by atomic mass is 79.9. The molecule has 1 heterocycles. The average Bonchev–Trinajstić information content (AvgIpc) is 2.70. The van der Waals surface area contributed by atoms with E-state index in [0.717, 1.165) is 6.26 Å². The Balaban J connectivity index is 1.89. The number of nitrogens with zero attached hydrogens (tertiary/aromatic N) is 2. The molecule has 0 aliphatic heterocycles. The molecular formula is C19H20BrN5O4S. The van der Waals surface area contributed by atoms with Gasteiger partial charge in [0, 0.05) is 30.1 Å². The zero-order valence-electron chi connectivity index (χ0n) is 16.4. The van der Waals surface area contributed by atoms with Crippen LogP contribution in [0.2, 0.25) is 0 Å². The number of methoxy groups -OCH3 is 2. The van der Waals surface area contributed by atoms with Gasteiger partial charge in [0.05, 0.1) is 36.3 Å². The molecule has 0 aliphatic carbocycles. The van der Waals surface area contributed by atoms with Crippen molar-refractivity contribution in [3.05, 3.63) is 53.1 Å². The lowest BCUT2D eigenvalue weighted by Crippen LogP contribution is -2.11. The number of para-hydroxylation sites is 2. The van der Waals surface area contributed by atoms with Gasteiger partial charge in [-0.3, -0.25) is 4.72 Å². The van der Waals surface area contributed by atoms with Gasteiger partial charge in [-0.1, -0.05) is 12.1 Å². The van der Waals surface area contributed by atoms with Crippen molar-refractivity contribution in [2.24, 2.45) is 0 Å². The number of aromatic nitrogens is 2. The van der Waals surface area contributed by atoms with Crippen LogP contribution in [0.3, 0.4) is 0 Å². The fourth-order valence-electron chi connectivity index (χ4n) is 2.53. The summed E-state index contributed by atoms with van der Waals surface area (Å²) in [6, 6.07) is 12.2. The molecule has 158 valence electrons. The number of rotatable bonds is 8. The molecule has 3 N–H and O–H groups in total. The van der Waals surface area contributed by atoms with Gasteiger partial charge in [-0.25, -0.2) is 13.4 Å². The molecule has 2 aromatic carbocycles. The molecule has 0 bridgehead atoms. The van der Waals surface area contributed by atoms with Crippen molar-refractivity contribution in [2.75, 3.05) is 35.8 Å². The molecule has 1 aromatic heterocycles. The van der Waals surface area contributed by atoms with Gasteiger partial charge >= 0.3 is 0 Å². The molecule has 0 atom stereocenters. The van der Waals surface area contributed by atoms with Crippen molar-refractivity contribution >= 4 is 54.8 Å². The van der Waals surface area contributed by atoms with E-state index in [1.165, 1.54) is 0 Å². The van der Waals surface area contributed by atoms with E-state index in [1.54, 1.807) is 62.9 Å². The number of sulfonamides is 1. The second-order valence-corrected chi connectivity index (χ2v) is 8.76. The Morgan fingerprint density at radius 3 is 2.20 bits per heavy atom. The molecule has 0 aliphatic rings. The quantitative estimate of drug-likeness (QED) is 0.429. The van der Waals surface area contributed by atoms with E-state index in [-0.39, 0.29) is 0 Å². The Hall–Kier alpha value is -3.05. The summed E-state index contributed by atoms with van der Waals surface area (Å²) in [7, 11) is -0.298. The summed E-state index contributed by atoms with van der Waals surface area (Å²) in [6.07, 6.45) is 2.68. The molecule has 0 unspecified atom stereocenters. The van der Waals surface area contributed by atoms with Gasteiger partial charge in [-0.15, -0.1) is 0 Å². The Morgan fingerprint density at radius 1 is 0.967 bits per heavy atom. The molecule has 3 rings (SSSR count). The Labute approximate surface area is 183 Å². The van der Waals surface area contributed by atoms with E-state index < -0.39 is 10.0 Å². The molecule has 0 radical (unpaired) electrons. The van der Waals surface area contributed by atoms with Crippen LogP contribution in [-0.2, 0) is 10.0 Å². The second kappa shape index (κ2) is 9.18.